The first-order chi connectivity index (χ1) is 11.6. The van der Waals surface area contributed by atoms with Gasteiger partial charge in [-0.15, -0.1) is 0 Å². The first-order valence-electron chi connectivity index (χ1n) is 7.48. The normalized spacial score (nSPS) is 11.3. The molecule has 0 spiro atoms. The summed E-state index contributed by atoms with van der Waals surface area (Å²) in [4.78, 5) is 12.5. The van der Waals surface area contributed by atoms with Crippen LogP contribution in [0.2, 0.25) is 0 Å². The summed E-state index contributed by atoms with van der Waals surface area (Å²) in [5.41, 5.74) is 5.19. The van der Waals surface area contributed by atoms with Gasteiger partial charge in [-0.25, -0.2) is 9.82 Å². The van der Waals surface area contributed by atoms with Gasteiger partial charge in [-0.3, -0.25) is 4.79 Å². The number of rotatable bonds is 4. The van der Waals surface area contributed by atoms with Gasteiger partial charge in [0.2, 0.25) is 0 Å². The van der Waals surface area contributed by atoms with E-state index in [0.29, 0.717) is 11.3 Å². The summed E-state index contributed by atoms with van der Waals surface area (Å²) in [6.45, 7) is 1.76. The number of benzene rings is 2. The molecule has 0 saturated carbocycles. The van der Waals surface area contributed by atoms with E-state index in [9.17, 15) is 9.18 Å². The number of amides is 1. The Hall–Kier alpha value is -3.21. The fraction of sp³-hybridized carbons (Fsp3) is 0.0526. The Morgan fingerprint density at radius 2 is 1.67 bits per heavy atom. The van der Waals surface area contributed by atoms with Crippen molar-refractivity contribution in [2.45, 2.75) is 6.92 Å². The maximum atomic E-state index is 13.0. The fourth-order valence-electron chi connectivity index (χ4n) is 2.34. The van der Waals surface area contributed by atoms with Crippen molar-refractivity contribution < 1.29 is 9.18 Å². The second-order valence-corrected chi connectivity index (χ2v) is 5.25. The highest BCUT2D eigenvalue weighted by molar-refractivity contribution is 6.01. The summed E-state index contributed by atoms with van der Waals surface area (Å²) in [5, 5.41) is 4.11. The smallest absolute Gasteiger partial charge is 0.273 e. The van der Waals surface area contributed by atoms with Crippen molar-refractivity contribution in [2.24, 2.45) is 5.10 Å². The van der Waals surface area contributed by atoms with E-state index >= 15 is 0 Å². The van der Waals surface area contributed by atoms with Gasteiger partial charge >= 0.3 is 0 Å². The molecule has 0 radical (unpaired) electrons. The van der Waals surface area contributed by atoms with E-state index in [1.165, 1.54) is 12.1 Å². The molecule has 1 N–H and O–H groups in total. The standard InChI is InChI=1S/C19H16FN3O/c1-14(15-8-10-16(20)11-9-15)21-22-19(24)17-6-2-3-7-18(17)23-12-4-5-13-23/h2-13H,1H3,(H,22,24)/b21-14+. The maximum Gasteiger partial charge on any atom is 0.273 e. The van der Waals surface area contributed by atoms with Crippen LogP contribution in [0.1, 0.15) is 22.8 Å². The lowest BCUT2D eigenvalue weighted by atomic mass is 10.1. The van der Waals surface area contributed by atoms with Gasteiger partial charge in [0.1, 0.15) is 5.82 Å². The molecule has 4 nitrogen and oxygen atoms in total. The Morgan fingerprint density at radius 3 is 2.38 bits per heavy atom. The number of hydrazone groups is 1. The van der Waals surface area contributed by atoms with Gasteiger partial charge in [-0.2, -0.15) is 5.10 Å². The first-order valence-corrected chi connectivity index (χ1v) is 7.48. The zero-order valence-corrected chi connectivity index (χ0v) is 13.1. The molecule has 2 aromatic carbocycles. The summed E-state index contributed by atoms with van der Waals surface area (Å²) < 4.78 is 14.8. The van der Waals surface area contributed by atoms with E-state index in [0.717, 1.165) is 11.3 Å². The molecule has 0 aliphatic heterocycles. The van der Waals surface area contributed by atoms with Crippen LogP contribution in [-0.4, -0.2) is 16.2 Å². The number of nitrogens with zero attached hydrogens (tertiary/aromatic N) is 2. The minimum absolute atomic E-state index is 0.305. The average Bonchev–Trinajstić information content (AvgIpc) is 3.14. The monoisotopic (exact) mass is 321 g/mol. The molecule has 1 heterocycles. The van der Waals surface area contributed by atoms with Gasteiger partial charge in [0.15, 0.2) is 0 Å². The molecule has 0 unspecified atom stereocenters. The van der Waals surface area contributed by atoms with Gasteiger partial charge in [-0.1, -0.05) is 24.3 Å². The van der Waals surface area contributed by atoms with E-state index in [1.807, 2.05) is 41.2 Å². The second-order valence-electron chi connectivity index (χ2n) is 5.25. The predicted octanol–water partition coefficient (Wildman–Crippen LogP) is 3.77. The van der Waals surface area contributed by atoms with E-state index in [4.69, 9.17) is 0 Å². The molecule has 0 aliphatic rings. The van der Waals surface area contributed by atoms with Gasteiger partial charge in [0.05, 0.1) is 17.0 Å². The van der Waals surface area contributed by atoms with Crippen LogP contribution < -0.4 is 5.43 Å². The van der Waals surface area contributed by atoms with Crippen molar-refractivity contribution in [3.8, 4) is 5.69 Å². The third-order valence-corrected chi connectivity index (χ3v) is 3.62. The average molecular weight is 321 g/mol. The molecule has 5 heteroatoms. The Balaban J connectivity index is 1.81. The SMILES string of the molecule is C/C(=N\NC(=O)c1ccccc1-n1cccc1)c1ccc(F)cc1. The van der Waals surface area contributed by atoms with Crippen molar-refractivity contribution in [2.75, 3.05) is 0 Å². The largest absolute Gasteiger partial charge is 0.323 e. The second kappa shape index (κ2) is 6.91. The summed E-state index contributed by atoms with van der Waals surface area (Å²) in [6, 6.07) is 17.0. The Labute approximate surface area is 139 Å². The third-order valence-electron chi connectivity index (χ3n) is 3.62. The van der Waals surface area contributed by atoms with Gasteiger partial charge in [-0.05, 0) is 48.9 Å². The quantitative estimate of drug-likeness (QED) is 0.577. The number of carbonyl (C=O) groups excluding carboxylic acids is 1. The molecule has 1 aromatic heterocycles. The molecule has 24 heavy (non-hydrogen) atoms. The molecule has 0 bridgehead atoms. The third kappa shape index (κ3) is 3.41. The highest BCUT2D eigenvalue weighted by Gasteiger charge is 2.11. The lowest BCUT2D eigenvalue weighted by molar-refractivity contribution is 0.0955. The van der Waals surface area contributed by atoms with E-state index in [1.54, 1.807) is 31.2 Å². The number of hydrogen-bond donors (Lipinski definition) is 1. The zero-order chi connectivity index (χ0) is 16.9. The molecular weight excluding hydrogens is 305 g/mol. The van der Waals surface area contributed by atoms with Crippen LogP contribution in [0.5, 0.6) is 0 Å². The highest BCUT2D eigenvalue weighted by atomic mass is 19.1. The van der Waals surface area contributed by atoms with Crippen LogP contribution in [0.15, 0.2) is 78.2 Å². The number of hydrogen-bond acceptors (Lipinski definition) is 2. The van der Waals surface area contributed by atoms with Crippen LogP contribution in [0.4, 0.5) is 4.39 Å². The number of halogens is 1. The fourth-order valence-corrected chi connectivity index (χ4v) is 2.34. The molecule has 3 rings (SSSR count). The molecule has 0 fully saturated rings. The van der Waals surface area contributed by atoms with E-state index in [2.05, 4.69) is 10.5 Å². The summed E-state index contributed by atoms with van der Waals surface area (Å²) >= 11 is 0. The number of nitrogens with one attached hydrogen (secondary N) is 1. The van der Waals surface area contributed by atoms with Crippen molar-refractivity contribution in [3.05, 3.63) is 90.0 Å². The highest BCUT2D eigenvalue weighted by Crippen LogP contribution is 2.14. The molecule has 0 saturated heterocycles. The van der Waals surface area contributed by atoms with Crippen LogP contribution in [0, 0.1) is 5.82 Å². The van der Waals surface area contributed by atoms with Crippen molar-refractivity contribution >= 4 is 11.6 Å². The Bertz CT molecular complexity index is 868. The van der Waals surface area contributed by atoms with E-state index in [-0.39, 0.29) is 11.7 Å². The summed E-state index contributed by atoms with van der Waals surface area (Å²) in [5.74, 6) is -0.614. The topological polar surface area (TPSA) is 46.4 Å². The van der Waals surface area contributed by atoms with Gasteiger partial charge in [0, 0.05) is 12.4 Å². The minimum Gasteiger partial charge on any atom is -0.323 e. The van der Waals surface area contributed by atoms with Crippen molar-refractivity contribution in [3.63, 3.8) is 0 Å². The molecule has 0 aliphatic carbocycles. The molecule has 1 amide bonds. The van der Waals surface area contributed by atoms with Crippen molar-refractivity contribution in [1.29, 1.82) is 0 Å². The van der Waals surface area contributed by atoms with Crippen molar-refractivity contribution in [1.82, 2.24) is 9.99 Å². The van der Waals surface area contributed by atoms with E-state index < -0.39 is 0 Å². The maximum absolute atomic E-state index is 13.0. The van der Waals surface area contributed by atoms with Crippen LogP contribution in [0.25, 0.3) is 5.69 Å². The molecule has 120 valence electrons. The van der Waals surface area contributed by atoms with Crippen LogP contribution in [-0.2, 0) is 0 Å². The number of para-hydroxylation sites is 1. The molecular formula is C19H16FN3O. The Kier molecular flexibility index (Phi) is 4.52. The van der Waals surface area contributed by atoms with Crippen LogP contribution in [0.3, 0.4) is 0 Å². The lowest BCUT2D eigenvalue weighted by Crippen LogP contribution is -2.21. The molecule has 3 aromatic rings. The molecule has 0 atom stereocenters. The van der Waals surface area contributed by atoms with Gasteiger partial charge < -0.3 is 4.57 Å². The number of aromatic nitrogens is 1. The summed E-state index contributed by atoms with van der Waals surface area (Å²) in [7, 11) is 0. The zero-order valence-electron chi connectivity index (χ0n) is 13.1. The lowest BCUT2D eigenvalue weighted by Gasteiger charge is -2.09. The predicted molar refractivity (Wildman–Crippen MR) is 91.8 cm³/mol. The number of carbonyl (C=O) groups is 1. The Morgan fingerprint density at radius 1 is 1.00 bits per heavy atom. The van der Waals surface area contributed by atoms with Gasteiger partial charge in [0.25, 0.3) is 5.91 Å². The minimum atomic E-state index is -0.309. The first kappa shape index (κ1) is 15.7. The van der Waals surface area contributed by atoms with Crippen LogP contribution >= 0.6 is 0 Å². The summed E-state index contributed by atoms with van der Waals surface area (Å²) in [6.07, 6.45) is 3.75.